The van der Waals surface area contributed by atoms with Crippen molar-refractivity contribution in [1.82, 2.24) is 4.90 Å². The van der Waals surface area contributed by atoms with Crippen LogP contribution in [0.4, 0.5) is 0 Å². The predicted octanol–water partition coefficient (Wildman–Crippen LogP) is 2.47. The Morgan fingerprint density at radius 3 is 2.31 bits per heavy atom. The second kappa shape index (κ2) is 7.44. The number of hydrogen-bond acceptors (Lipinski definition) is 3. The quantitative estimate of drug-likeness (QED) is 0.516. The Morgan fingerprint density at radius 2 is 1.94 bits per heavy atom. The molecule has 1 atom stereocenters. The lowest BCUT2D eigenvalue weighted by molar-refractivity contribution is -0.136. The zero-order valence-corrected chi connectivity index (χ0v) is 11.4. The number of carbonyl (C=O) groups excluding carboxylic acids is 1. The first-order chi connectivity index (χ1) is 7.43. The van der Waals surface area contributed by atoms with Gasteiger partial charge in [0.15, 0.2) is 0 Å². The Kier molecular flexibility index (Phi) is 7.06. The molecule has 0 amide bonds. The van der Waals surface area contributed by atoms with E-state index in [4.69, 9.17) is 4.74 Å². The van der Waals surface area contributed by atoms with E-state index in [-0.39, 0.29) is 5.97 Å². The summed E-state index contributed by atoms with van der Waals surface area (Å²) in [6.45, 7) is 9.35. The zero-order chi connectivity index (χ0) is 12.7. The number of methoxy groups -OCH3 is 1. The van der Waals surface area contributed by atoms with E-state index in [0.717, 1.165) is 18.5 Å². The molecule has 0 aromatic heterocycles. The highest BCUT2D eigenvalue weighted by Crippen LogP contribution is 2.09. The third kappa shape index (κ3) is 4.79. The zero-order valence-electron chi connectivity index (χ0n) is 11.4. The number of ether oxygens (including phenoxy) is 1. The summed E-state index contributed by atoms with van der Waals surface area (Å²) in [7, 11) is 3.50. The highest BCUT2D eigenvalue weighted by molar-refractivity contribution is 5.88. The minimum absolute atomic E-state index is 0.215. The fourth-order valence-electron chi connectivity index (χ4n) is 1.43. The summed E-state index contributed by atoms with van der Waals surface area (Å²) in [5, 5.41) is 0. The Balaban J connectivity index is 4.38. The van der Waals surface area contributed by atoms with Crippen molar-refractivity contribution < 1.29 is 9.53 Å². The normalized spacial score (nSPS) is 14.4. The van der Waals surface area contributed by atoms with E-state index in [9.17, 15) is 4.79 Å². The summed E-state index contributed by atoms with van der Waals surface area (Å²) < 4.78 is 4.72. The topological polar surface area (TPSA) is 29.5 Å². The largest absolute Gasteiger partial charge is 0.466 e. The molecule has 0 aliphatic rings. The molecule has 0 aliphatic heterocycles. The Bertz CT molecular complexity index is 246. The fourth-order valence-corrected chi connectivity index (χ4v) is 1.43. The van der Waals surface area contributed by atoms with Gasteiger partial charge in [0.05, 0.1) is 7.11 Å². The summed E-state index contributed by atoms with van der Waals surface area (Å²) >= 11 is 0. The first-order valence-electron chi connectivity index (χ1n) is 5.91. The molecule has 0 N–H and O–H groups in total. The average molecular weight is 227 g/mol. The van der Waals surface area contributed by atoms with Crippen LogP contribution in [0.2, 0.25) is 0 Å². The van der Waals surface area contributed by atoms with Crippen LogP contribution in [-0.4, -0.2) is 37.6 Å². The minimum atomic E-state index is -0.215. The monoisotopic (exact) mass is 227 g/mol. The van der Waals surface area contributed by atoms with E-state index >= 15 is 0 Å². The molecule has 0 heterocycles. The Morgan fingerprint density at radius 1 is 1.38 bits per heavy atom. The molecule has 3 heteroatoms. The number of esters is 1. The van der Waals surface area contributed by atoms with Crippen LogP contribution in [0, 0.1) is 5.92 Å². The van der Waals surface area contributed by atoms with Crippen LogP contribution in [-0.2, 0) is 9.53 Å². The van der Waals surface area contributed by atoms with Crippen molar-refractivity contribution in [3.8, 4) is 0 Å². The van der Waals surface area contributed by atoms with Gasteiger partial charge in [-0.2, -0.15) is 0 Å². The summed E-state index contributed by atoms with van der Waals surface area (Å²) in [5.41, 5.74) is 0.755. The second-order valence-corrected chi connectivity index (χ2v) is 4.50. The van der Waals surface area contributed by atoms with Crippen LogP contribution in [0.15, 0.2) is 11.6 Å². The van der Waals surface area contributed by atoms with Gasteiger partial charge in [-0.1, -0.05) is 26.8 Å². The standard InChI is InChI=1S/C13H25NO2/c1-7-12(13(15)16-6)8-9-14(5)11(4)10(2)3/h8,10-11H,7,9H2,1-6H3. The molecule has 0 aliphatic carbocycles. The molecule has 0 fully saturated rings. The maximum atomic E-state index is 11.4. The van der Waals surface area contributed by atoms with Crippen LogP contribution in [0.5, 0.6) is 0 Å². The van der Waals surface area contributed by atoms with Crippen molar-refractivity contribution >= 4 is 5.97 Å². The van der Waals surface area contributed by atoms with Gasteiger partial charge in [-0.15, -0.1) is 0 Å². The van der Waals surface area contributed by atoms with E-state index < -0.39 is 0 Å². The number of carbonyl (C=O) groups is 1. The number of hydrogen-bond donors (Lipinski definition) is 0. The van der Waals surface area contributed by atoms with Gasteiger partial charge in [-0.25, -0.2) is 4.79 Å². The van der Waals surface area contributed by atoms with Gasteiger partial charge in [-0.05, 0) is 26.3 Å². The molecule has 0 saturated carbocycles. The van der Waals surface area contributed by atoms with Crippen LogP contribution in [0.1, 0.15) is 34.1 Å². The van der Waals surface area contributed by atoms with Crippen molar-refractivity contribution in [1.29, 1.82) is 0 Å². The SMILES string of the molecule is CCC(=CCN(C)C(C)C(C)C)C(=O)OC. The van der Waals surface area contributed by atoms with Gasteiger partial charge in [-0.3, -0.25) is 4.90 Å². The lowest BCUT2D eigenvalue weighted by Gasteiger charge is -2.26. The van der Waals surface area contributed by atoms with Crippen LogP contribution in [0.25, 0.3) is 0 Å². The molecule has 0 aromatic rings. The van der Waals surface area contributed by atoms with E-state index in [1.54, 1.807) is 0 Å². The molecule has 0 saturated heterocycles. The molecule has 0 spiro atoms. The van der Waals surface area contributed by atoms with Gasteiger partial charge in [0.25, 0.3) is 0 Å². The van der Waals surface area contributed by atoms with Gasteiger partial charge in [0.1, 0.15) is 0 Å². The lowest BCUT2D eigenvalue weighted by Crippen LogP contribution is -2.33. The minimum Gasteiger partial charge on any atom is -0.466 e. The molecule has 0 rings (SSSR count). The third-order valence-corrected chi connectivity index (χ3v) is 3.11. The van der Waals surface area contributed by atoms with E-state index in [1.165, 1.54) is 7.11 Å². The summed E-state index contributed by atoms with van der Waals surface area (Å²) in [4.78, 5) is 13.6. The van der Waals surface area contributed by atoms with Crippen LogP contribution >= 0.6 is 0 Å². The highest BCUT2D eigenvalue weighted by Gasteiger charge is 2.13. The van der Waals surface area contributed by atoms with Gasteiger partial charge >= 0.3 is 5.97 Å². The van der Waals surface area contributed by atoms with E-state index in [1.807, 2.05) is 13.0 Å². The predicted molar refractivity (Wildman–Crippen MR) is 67.3 cm³/mol. The first kappa shape index (κ1) is 15.2. The van der Waals surface area contributed by atoms with Crippen molar-refractivity contribution in [3.05, 3.63) is 11.6 Å². The molecule has 94 valence electrons. The van der Waals surface area contributed by atoms with E-state index in [2.05, 4.69) is 32.7 Å². The average Bonchev–Trinajstić information content (AvgIpc) is 2.27. The molecular weight excluding hydrogens is 202 g/mol. The highest BCUT2D eigenvalue weighted by atomic mass is 16.5. The van der Waals surface area contributed by atoms with Crippen LogP contribution in [0.3, 0.4) is 0 Å². The summed E-state index contributed by atoms with van der Waals surface area (Å²) in [6, 6.07) is 0.506. The molecule has 1 unspecified atom stereocenters. The smallest absolute Gasteiger partial charge is 0.333 e. The lowest BCUT2D eigenvalue weighted by atomic mass is 10.1. The molecule has 16 heavy (non-hydrogen) atoms. The van der Waals surface area contributed by atoms with Gasteiger partial charge < -0.3 is 4.74 Å². The maximum absolute atomic E-state index is 11.4. The van der Waals surface area contributed by atoms with Crippen molar-refractivity contribution in [2.24, 2.45) is 5.92 Å². The fraction of sp³-hybridized carbons (Fsp3) is 0.769. The first-order valence-corrected chi connectivity index (χ1v) is 5.91. The van der Waals surface area contributed by atoms with Crippen molar-refractivity contribution in [2.75, 3.05) is 20.7 Å². The molecule has 0 radical (unpaired) electrons. The van der Waals surface area contributed by atoms with E-state index in [0.29, 0.717) is 12.0 Å². The van der Waals surface area contributed by atoms with Crippen LogP contribution < -0.4 is 0 Å². The molecule has 3 nitrogen and oxygen atoms in total. The van der Waals surface area contributed by atoms with Gasteiger partial charge in [0.2, 0.25) is 0 Å². The van der Waals surface area contributed by atoms with Crippen molar-refractivity contribution in [2.45, 2.75) is 40.2 Å². The molecule has 0 bridgehead atoms. The Labute approximate surface area is 99.5 Å². The van der Waals surface area contributed by atoms with Gasteiger partial charge in [0, 0.05) is 18.2 Å². The number of likely N-dealkylation sites (N-methyl/N-ethyl adjacent to an activating group) is 1. The summed E-state index contributed by atoms with van der Waals surface area (Å²) in [6.07, 6.45) is 2.68. The molecular formula is C13H25NO2. The second-order valence-electron chi connectivity index (χ2n) is 4.50. The Hall–Kier alpha value is -0.830. The number of rotatable bonds is 6. The van der Waals surface area contributed by atoms with Crippen molar-refractivity contribution in [3.63, 3.8) is 0 Å². The molecule has 0 aromatic carbocycles. The summed E-state index contributed by atoms with van der Waals surface area (Å²) in [5.74, 6) is 0.398. The third-order valence-electron chi connectivity index (χ3n) is 3.11. The number of nitrogens with zero attached hydrogens (tertiary/aromatic N) is 1. The maximum Gasteiger partial charge on any atom is 0.333 e.